The van der Waals surface area contributed by atoms with Crippen molar-refractivity contribution in [3.05, 3.63) is 24.0 Å². The number of fused-ring (bicyclic) bond motifs is 1. The number of carbonyl (C=O) groups is 2. The van der Waals surface area contributed by atoms with Gasteiger partial charge in [0.1, 0.15) is 5.82 Å². The maximum atomic E-state index is 12.8. The Morgan fingerprint density at radius 2 is 1.81 bits per heavy atom. The summed E-state index contributed by atoms with van der Waals surface area (Å²) in [7, 11) is -0.379. The third-order valence-corrected chi connectivity index (χ3v) is 7.15. The van der Waals surface area contributed by atoms with E-state index in [0.29, 0.717) is 37.4 Å². The van der Waals surface area contributed by atoms with Crippen molar-refractivity contribution in [3.63, 3.8) is 0 Å². The van der Waals surface area contributed by atoms with Gasteiger partial charge in [0.2, 0.25) is 10.0 Å². The zero-order valence-corrected chi connectivity index (χ0v) is 19.9. The van der Waals surface area contributed by atoms with E-state index in [9.17, 15) is 18.0 Å². The Kier molecular flexibility index (Phi) is 8.19. The lowest BCUT2D eigenvalue weighted by atomic mass is 10.3. The predicted octanol–water partition coefficient (Wildman–Crippen LogP) is 2.04. The van der Waals surface area contributed by atoms with Gasteiger partial charge in [0, 0.05) is 40.2 Å². The van der Waals surface area contributed by atoms with Gasteiger partial charge >= 0.3 is 5.97 Å². The molecule has 0 aliphatic carbocycles. The number of hydrogen-bond donors (Lipinski definition) is 0. The molecule has 0 saturated heterocycles. The number of aryl methyl sites for hydroxylation is 2. The first-order chi connectivity index (χ1) is 14.6. The van der Waals surface area contributed by atoms with E-state index in [0.717, 1.165) is 5.52 Å². The quantitative estimate of drug-likeness (QED) is 0.511. The monoisotopic (exact) mass is 452 g/mol. The number of esters is 1. The molecular formula is C21H32N4O5S. The molecule has 2 rings (SSSR count). The lowest BCUT2D eigenvalue weighted by Gasteiger charge is -2.18. The minimum absolute atomic E-state index is 0.0684. The van der Waals surface area contributed by atoms with E-state index >= 15 is 0 Å². The van der Waals surface area contributed by atoms with Gasteiger partial charge in [-0.05, 0) is 32.0 Å². The van der Waals surface area contributed by atoms with Crippen LogP contribution in [0.5, 0.6) is 0 Å². The Morgan fingerprint density at radius 3 is 2.35 bits per heavy atom. The number of carbonyl (C=O) groups excluding carboxylic acids is 2. The van der Waals surface area contributed by atoms with E-state index in [1.165, 1.54) is 9.21 Å². The first kappa shape index (κ1) is 24.8. The van der Waals surface area contributed by atoms with Crippen molar-refractivity contribution in [2.45, 2.75) is 58.1 Å². The van der Waals surface area contributed by atoms with Crippen LogP contribution in [0.4, 0.5) is 0 Å². The first-order valence-electron chi connectivity index (χ1n) is 10.5. The second kappa shape index (κ2) is 10.2. The fourth-order valence-electron chi connectivity index (χ4n) is 3.46. The van der Waals surface area contributed by atoms with Gasteiger partial charge in [0.15, 0.2) is 6.10 Å². The second-order valence-electron chi connectivity index (χ2n) is 7.38. The average molecular weight is 453 g/mol. The fourth-order valence-corrected chi connectivity index (χ4v) is 4.94. The number of nitrogens with zero attached hydrogens (tertiary/aromatic N) is 4. The molecule has 0 fully saturated rings. The number of benzene rings is 1. The van der Waals surface area contributed by atoms with Gasteiger partial charge < -0.3 is 14.2 Å². The van der Waals surface area contributed by atoms with Crippen LogP contribution in [0, 0.1) is 0 Å². The summed E-state index contributed by atoms with van der Waals surface area (Å²) in [4.78, 5) is 30.2. The van der Waals surface area contributed by atoms with E-state index in [2.05, 4.69) is 4.98 Å². The minimum atomic E-state index is -3.58. The Balaban J connectivity index is 2.24. The first-order valence-corrected chi connectivity index (χ1v) is 11.9. The lowest BCUT2D eigenvalue weighted by molar-refractivity contribution is -0.157. The summed E-state index contributed by atoms with van der Waals surface area (Å²) in [6.07, 6.45) is -0.457. The van der Waals surface area contributed by atoms with Gasteiger partial charge in [-0.15, -0.1) is 0 Å². The topological polar surface area (TPSA) is 102 Å². The molecule has 0 aliphatic heterocycles. The SMILES string of the molecule is CCN(CC)S(=O)(=O)c1ccc2c(c1)nc(CCC(=O)OC(C)C(=O)N(C)C)n2CC. The molecule has 0 spiro atoms. The molecule has 0 aliphatic rings. The van der Waals surface area contributed by atoms with E-state index in [1.807, 2.05) is 11.5 Å². The van der Waals surface area contributed by atoms with Crippen LogP contribution >= 0.6 is 0 Å². The lowest BCUT2D eigenvalue weighted by Crippen LogP contribution is -2.35. The number of ether oxygens (including phenoxy) is 1. The second-order valence-corrected chi connectivity index (χ2v) is 9.31. The van der Waals surface area contributed by atoms with Gasteiger partial charge in [0.05, 0.1) is 22.3 Å². The van der Waals surface area contributed by atoms with Crippen LogP contribution in [-0.4, -0.2) is 72.3 Å². The van der Waals surface area contributed by atoms with Gasteiger partial charge in [-0.2, -0.15) is 4.31 Å². The Labute approximate surface area is 184 Å². The van der Waals surface area contributed by atoms with Crippen LogP contribution in [0.15, 0.2) is 23.1 Å². The summed E-state index contributed by atoms with van der Waals surface area (Å²) in [5.74, 6) is -0.100. The molecule has 2 aromatic rings. The van der Waals surface area contributed by atoms with Crippen molar-refractivity contribution in [1.29, 1.82) is 0 Å². The van der Waals surface area contributed by atoms with E-state index in [1.54, 1.807) is 53.1 Å². The van der Waals surface area contributed by atoms with Crippen molar-refractivity contribution in [2.24, 2.45) is 0 Å². The zero-order valence-electron chi connectivity index (χ0n) is 19.1. The number of likely N-dealkylation sites (N-methyl/N-ethyl adjacent to an activating group) is 1. The fraction of sp³-hybridized carbons (Fsp3) is 0.571. The molecule has 0 bridgehead atoms. The van der Waals surface area contributed by atoms with Crippen LogP contribution < -0.4 is 0 Å². The van der Waals surface area contributed by atoms with Crippen molar-refractivity contribution in [2.75, 3.05) is 27.2 Å². The normalized spacial score (nSPS) is 12.9. The van der Waals surface area contributed by atoms with Crippen LogP contribution in [0.1, 0.15) is 39.9 Å². The standard InChI is InChI=1S/C21H32N4O5S/c1-7-24(8-2)31(28,29)16-10-11-18-17(14-16)22-19(25(18)9-3)12-13-20(26)30-15(4)21(27)23(5)6/h10-11,14-15H,7-9,12-13H2,1-6H3. The summed E-state index contributed by atoms with van der Waals surface area (Å²) in [5.41, 5.74) is 1.37. The van der Waals surface area contributed by atoms with Crippen LogP contribution in [-0.2, 0) is 37.3 Å². The zero-order chi connectivity index (χ0) is 23.3. The molecule has 172 valence electrons. The molecule has 31 heavy (non-hydrogen) atoms. The highest BCUT2D eigenvalue weighted by molar-refractivity contribution is 7.89. The molecule has 1 aromatic heterocycles. The van der Waals surface area contributed by atoms with Crippen molar-refractivity contribution in [3.8, 4) is 0 Å². The number of hydrogen-bond acceptors (Lipinski definition) is 6. The molecule has 10 heteroatoms. The molecule has 1 heterocycles. The van der Waals surface area contributed by atoms with Gasteiger partial charge in [-0.1, -0.05) is 13.8 Å². The predicted molar refractivity (Wildman–Crippen MR) is 118 cm³/mol. The summed E-state index contributed by atoms with van der Waals surface area (Å²) < 4.78 is 34.2. The smallest absolute Gasteiger partial charge is 0.307 e. The number of imidazole rings is 1. The molecule has 1 amide bonds. The van der Waals surface area contributed by atoms with E-state index in [4.69, 9.17) is 4.74 Å². The number of amides is 1. The number of sulfonamides is 1. The van der Waals surface area contributed by atoms with Gasteiger partial charge in [-0.25, -0.2) is 13.4 Å². The highest BCUT2D eigenvalue weighted by atomic mass is 32.2. The molecule has 1 unspecified atom stereocenters. The highest BCUT2D eigenvalue weighted by Gasteiger charge is 2.23. The minimum Gasteiger partial charge on any atom is -0.453 e. The summed E-state index contributed by atoms with van der Waals surface area (Å²) >= 11 is 0. The third-order valence-electron chi connectivity index (χ3n) is 5.11. The summed E-state index contributed by atoms with van der Waals surface area (Å²) in [6, 6.07) is 4.92. The Hall–Kier alpha value is -2.46. The average Bonchev–Trinajstić information content (AvgIpc) is 3.08. The molecule has 1 atom stereocenters. The van der Waals surface area contributed by atoms with Crippen LogP contribution in [0.25, 0.3) is 11.0 Å². The number of aromatic nitrogens is 2. The third kappa shape index (κ3) is 5.43. The van der Waals surface area contributed by atoms with E-state index in [-0.39, 0.29) is 17.2 Å². The highest BCUT2D eigenvalue weighted by Crippen LogP contribution is 2.23. The number of rotatable bonds is 10. The van der Waals surface area contributed by atoms with Gasteiger partial charge in [0.25, 0.3) is 5.91 Å². The van der Waals surface area contributed by atoms with Crippen molar-refractivity contribution in [1.82, 2.24) is 18.8 Å². The van der Waals surface area contributed by atoms with Crippen LogP contribution in [0.2, 0.25) is 0 Å². The molecule has 0 N–H and O–H groups in total. The largest absolute Gasteiger partial charge is 0.453 e. The van der Waals surface area contributed by atoms with Crippen molar-refractivity contribution >= 4 is 32.9 Å². The summed E-state index contributed by atoms with van der Waals surface area (Å²) in [5, 5.41) is 0. The maximum Gasteiger partial charge on any atom is 0.307 e. The molecule has 9 nitrogen and oxygen atoms in total. The van der Waals surface area contributed by atoms with Gasteiger partial charge in [-0.3, -0.25) is 9.59 Å². The Bertz CT molecular complexity index is 1040. The maximum absolute atomic E-state index is 12.8. The van der Waals surface area contributed by atoms with Crippen molar-refractivity contribution < 1.29 is 22.7 Å². The molecule has 0 saturated carbocycles. The molecule has 1 aromatic carbocycles. The van der Waals surface area contributed by atoms with E-state index < -0.39 is 22.1 Å². The van der Waals surface area contributed by atoms with Crippen LogP contribution in [0.3, 0.4) is 0 Å². The summed E-state index contributed by atoms with van der Waals surface area (Å²) in [6.45, 7) is 8.51. The molecule has 0 radical (unpaired) electrons. The Morgan fingerprint density at radius 1 is 1.16 bits per heavy atom. The molecular weight excluding hydrogens is 420 g/mol.